The fourth-order valence-electron chi connectivity index (χ4n) is 2.65. The van der Waals surface area contributed by atoms with Gasteiger partial charge in [0.2, 0.25) is 0 Å². The van der Waals surface area contributed by atoms with Crippen LogP contribution in [-0.4, -0.2) is 43.5 Å². The summed E-state index contributed by atoms with van der Waals surface area (Å²) in [4.78, 5) is 17.5. The van der Waals surface area contributed by atoms with Crippen molar-refractivity contribution >= 4 is 23.5 Å². The number of ether oxygens (including phenoxy) is 1. The fraction of sp³-hybridized carbons (Fsp3) is 0.333. The first-order chi connectivity index (χ1) is 13.5. The number of rotatable bonds is 9. The quantitative estimate of drug-likeness (QED) is 0.499. The normalized spacial score (nSPS) is 11.2. The second kappa shape index (κ2) is 11.2. The number of guanidine groups is 1. The Labute approximate surface area is 171 Å². The lowest BCUT2D eigenvalue weighted by molar-refractivity contribution is -0.119. The highest BCUT2D eigenvalue weighted by Gasteiger charge is 2.07. The van der Waals surface area contributed by atoms with Crippen LogP contribution in [-0.2, 0) is 17.8 Å². The van der Waals surface area contributed by atoms with Gasteiger partial charge in [0.15, 0.2) is 12.6 Å². The molecule has 0 aromatic heterocycles. The molecule has 3 N–H and O–H groups in total. The van der Waals surface area contributed by atoms with E-state index >= 15 is 0 Å². The maximum atomic E-state index is 10.8. The van der Waals surface area contributed by atoms with Crippen LogP contribution in [0.5, 0.6) is 5.75 Å². The Hall–Kier alpha value is -2.73. The van der Waals surface area contributed by atoms with Crippen LogP contribution in [0.25, 0.3) is 0 Å². The van der Waals surface area contributed by atoms with E-state index < -0.39 is 5.91 Å². The highest BCUT2D eigenvalue weighted by Crippen LogP contribution is 2.13. The van der Waals surface area contributed by atoms with Gasteiger partial charge in [0, 0.05) is 31.7 Å². The van der Waals surface area contributed by atoms with Crippen molar-refractivity contribution in [2.45, 2.75) is 19.9 Å². The average molecular weight is 403 g/mol. The van der Waals surface area contributed by atoms with Gasteiger partial charge in [-0.3, -0.25) is 9.79 Å². The molecule has 6 nitrogen and oxygen atoms in total. The zero-order valence-corrected chi connectivity index (χ0v) is 17.1. The van der Waals surface area contributed by atoms with Crippen LogP contribution in [0.4, 0.5) is 0 Å². The van der Waals surface area contributed by atoms with Crippen molar-refractivity contribution in [3.05, 3.63) is 64.7 Å². The summed E-state index contributed by atoms with van der Waals surface area (Å²) in [6, 6.07) is 15.4. The van der Waals surface area contributed by atoms with Crippen molar-refractivity contribution in [3.63, 3.8) is 0 Å². The van der Waals surface area contributed by atoms with Crippen molar-refractivity contribution in [1.29, 1.82) is 0 Å². The summed E-state index contributed by atoms with van der Waals surface area (Å²) in [5, 5.41) is 4.05. The van der Waals surface area contributed by atoms with Crippen molar-refractivity contribution in [1.82, 2.24) is 10.2 Å². The van der Waals surface area contributed by atoms with E-state index in [1.165, 1.54) is 0 Å². The molecule has 2 rings (SSSR count). The van der Waals surface area contributed by atoms with Crippen molar-refractivity contribution in [2.24, 2.45) is 10.7 Å². The van der Waals surface area contributed by atoms with Gasteiger partial charge >= 0.3 is 0 Å². The zero-order valence-electron chi connectivity index (χ0n) is 16.3. The number of carbonyl (C=O) groups excluding carboxylic acids is 1. The molecule has 28 heavy (non-hydrogen) atoms. The molecular weight excluding hydrogens is 376 g/mol. The standard InChI is InChI=1S/C21H27ClN4O2/c1-3-24-21(26(2)14-17-5-4-6-18(22)13-17)25-12-11-16-7-9-19(10-8-16)28-15-20(23)27/h4-10,13H,3,11-12,14-15H2,1-2H3,(H2,23,27)(H,24,25). The molecule has 150 valence electrons. The average Bonchev–Trinajstić information content (AvgIpc) is 2.66. The van der Waals surface area contributed by atoms with Crippen LogP contribution in [0.3, 0.4) is 0 Å². The van der Waals surface area contributed by atoms with Crippen LogP contribution in [0.2, 0.25) is 5.02 Å². The Kier molecular flexibility index (Phi) is 8.62. The number of halogens is 1. The first kappa shape index (κ1) is 21.6. The molecule has 0 bridgehead atoms. The Morgan fingerprint density at radius 1 is 1.21 bits per heavy atom. The molecule has 0 saturated heterocycles. The molecular formula is C21H27ClN4O2. The van der Waals surface area contributed by atoms with Gasteiger partial charge in [0.25, 0.3) is 5.91 Å². The minimum Gasteiger partial charge on any atom is -0.484 e. The molecule has 0 heterocycles. The van der Waals surface area contributed by atoms with E-state index in [-0.39, 0.29) is 6.61 Å². The first-order valence-corrected chi connectivity index (χ1v) is 9.59. The monoisotopic (exact) mass is 402 g/mol. The van der Waals surface area contributed by atoms with E-state index in [2.05, 4.69) is 10.2 Å². The predicted octanol–water partition coefficient (Wildman–Crippen LogP) is 2.84. The SMILES string of the molecule is CCNC(=NCCc1ccc(OCC(N)=O)cc1)N(C)Cc1cccc(Cl)c1. The van der Waals surface area contributed by atoms with Crippen molar-refractivity contribution < 1.29 is 9.53 Å². The van der Waals surface area contributed by atoms with Gasteiger partial charge in [-0.2, -0.15) is 0 Å². The molecule has 0 aliphatic carbocycles. The summed E-state index contributed by atoms with van der Waals surface area (Å²) in [5.74, 6) is 0.987. The van der Waals surface area contributed by atoms with Crippen LogP contribution < -0.4 is 15.8 Å². The molecule has 0 fully saturated rings. The molecule has 0 aliphatic heterocycles. The highest BCUT2D eigenvalue weighted by atomic mass is 35.5. The lowest BCUT2D eigenvalue weighted by Crippen LogP contribution is -2.38. The zero-order chi connectivity index (χ0) is 20.4. The van der Waals surface area contributed by atoms with Gasteiger partial charge in [-0.1, -0.05) is 35.9 Å². The maximum Gasteiger partial charge on any atom is 0.255 e. The Morgan fingerprint density at radius 3 is 2.61 bits per heavy atom. The minimum absolute atomic E-state index is 0.116. The lowest BCUT2D eigenvalue weighted by Gasteiger charge is -2.22. The van der Waals surface area contributed by atoms with Crippen LogP contribution in [0.15, 0.2) is 53.5 Å². The molecule has 0 unspecified atom stereocenters. The summed E-state index contributed by atoms with van der Waals surface area (Å²) in [6.45, 7) is 4.11. The lowest BCUT2D eigenvalue weighted by atomic mass is 10.1. The number of nitrogens with two attached hydrogens (primary N) is 1. The summed E-state index contributed by atoms with van der Waals surface area (Å²) in [6.07, 6.45) is 0.802. The molecule has 0 aliphatic rings. The van der Waals surface area contributed by atoms with Gasteiger partial charge in [-0.05, 0) is 48.7 Å². The third-order valence-electron chi connectivity index (χ3n) is 3.97. The highest BCUT2D eigenvalue weighted by molar-refractivity contribution is 6.30. The van der Waals surface area contributed by atoms with E-state index in [9.17, 15) is 4.79 Å². The topological polar surface area (TPSA) is 80.0 Å². The molecule has 0 atom stereocenters. The van der Waals surface area contributed by atoms with Crippen LogP contribution in [0, 0.1) is 0 Å². The largest absolute Gasteiger partial charge is 0.484 e. The summed E-state index contributed by atoms with van der Waals surface area (Å²) < 4.78 is 5.27. The first-order valence-electron chi connectivity index (χ1n) is 9.22. The number of aliphatic imine (C=N–C) groups is 1. The predicted molar refractivity (Wildman–Crippen MR) is 114 cm³/mol. The summed E-state index contributed by atoms with van der Waals surface area (Å²) >= 11 is 6.07. The number of carbonyl (C=O) groups is 1. The Bertz CT molecular complexity index is 793. The number of amides is 1. The minimum atomic E-state index is -0.490. The number of benzene rings is 2. The number of hydrogen-bond acceptors (Lipinski definition) is 3. The molecule has 0 radical (unpaired) electrons. The third-order valence-corrected chi connectivity index (χ3v) is 4.21. The number of nitrogens with one attached hydrogen (secondary N) is 1. The Balaban J connectivity index is 1.91. The second-order valence-electron chi connectivity index (χ2n) is 6.37. The van der Waals surface area contributed by atoms with Crippen molar-refractivity contribution in [2.75, 3.05) is 26.7 Å². The summed E-state index contributed by atoms with van der Waals surface area (Å²) in [7, 11) is 2.01. The van der Waals surface area contributed by atoms with E-state index in [4.69, 9.17) is 27.1 Å². The van der Waals surface area contributed by atoms with Gasteiger partial charge in [-0.15, -0.1) is 0 Å². The van der Waals surface area contributed by atoms with E-state index in [0.29, 0.717) is 12.3 Å². The molecule has 7 heteroatoms. The smallest absolute Gasteiger partial charge is 0.255 e. The van der Waals surface area contributed by atoms with E-state index in [0.717, 1.165) is 41.6 Å². The van der Waals surface area contributed by atoms with Crippen molar-refractivity contribution in [3.8, 4) is 5.75 Å². The van der Waals surface area contributed by atoms with Crippen LogP contribution in [0.1, 0.15) is 18.1 Å². The molecule has 0 spiro atoms. The molecule has 2 aromatic rings. The maximum absolute atomic E-state index is 10.8. The molecule has 2 aromatic carbocycles. The summed E-state index contributed by atoms with van der Waals surface area (Å²) in [5.41, 5.74) is 7.35. The van der Waals surface area contributed by atoms with E-state index in [1.54, 1.807) is 0 Å². The number of primary amides is 1. The van der Waals surface area contributed by atoms with Crippen LogP contribution >= 0.6 is 11.6 Å². The van der Waals surface area contributed by atoms with Gasteiger partial charge in [-0.25, -0.2) is 0 Å². The molecule has 0 saturated carbocycles. The fourth-order valence-corrected chi connectivity index (χ4v) is 2.86. The number of nitrogens with zero attached hydrogens (tertiary/aromatic N) is 2. The third kappa shape index (κ3) is 7.48. The van der Waals surface area contributed by atoms with E-state index in [1.807, 2.05) is 62.5 Å². The van der Waals surface area contributed by atoms with Gasteiger partial charge in [0.05, 0.1) is 0 Å². The second-order valence-corrected chi connectivity index (χ2v) is 6.81. The number of hydrogen-bond donors (Lipinski definition) is 2. The van der Waals surface area contributed by atoms with Gasteiger partial charge in [0.1, 0.15) is 5.75 Å². The van der Waals surface area contributed by atoms with Gasteiger partial charge < -0.3 is 20.7 Å². The molecule has 1 amide bonds. The Morgan fingerprint density at radius 2 is 1.96 bits per heavy atom.